The van der Waals surface area contributed by atoms with Gasteiger partial charge in [0.2, 0.25) is 5.91 Å². The van der Waals surface area contributed by atoms with E-state index in [2.05, 4.69) is 29.6 Å². The molecule has 3 aromatic carbocycles. The number of nitrogens with one attached hydrogen (secondary N) is 1. The van der Waals surface area contributed by atoms with Crippen molar-refractivity contribution in [1.29, 1.82) is 0 Å². The highest BCUT2D eigenvalue weighted by Crippen LogP contribution is 2.68. The molecule has 1 amide bonds. The number of hydrogen-bond donors (Lipinski definition) is 2. The molecule has 0 radical (unpaired) electrons. The van der Waals surface area contributed by atoms with E-state index in [-0.39, 0.29) is 17.6 Å². The molecular weight excluding hydrogens is 536 g/mol. The fourth-order valence-electron chi connectivity index (χ4n) is 6.90. The second-order valence-corrected chi connectivity index (χ2v) is 12.1. The number of esters is 1. The summed E-state index contributed by atoms with van der Waals surface area (Å²) in [7, 11) is 0. The average molecular weight is 573 g/mol. The molecule has 6 nitrogen and oxygen atoms in total. The Hall–Kier alpha value is -4.26. The normalized spacial score (nSPS) is 26.2. The number of hydrogen-bond acceptors (Lipinski definition) is 5. The van der Waals surface area contributed by atoms with Gasteiger partial charge in [0.05, 0.1) is 12.1 Å². The summed E-state index contributed by atoms with van der Waals surface area (Å²) in [4.78, 5) is 26.9. The highest BCUT2D eigenvalue weighted by molar-refractivity contribution is 5.87. The highest BCUT2D eigenvalue weighted by atomic mass is 16.6. The fraction of sp³-hybridized carbons (Fsp3) is 0.297. The molecule has 43 heavy (non-hydrogen) atoms. The summed E-state index contributed by atoms with van der Waals surface area (Å²) >= 11 is 0. The van der Waals surface area contributed by atoms with Gasteiger partial charge in [0.1, 0.15) is 11.6 Å². The molecule has 1 saturated heterocycles. The molecule has 3 N–H and O–H groups in total. The topological polar surface area (TPSA) is 90.7 Å². The molecule has 4 aliphatic rings. The van der Waals surface area contributed by atoms with Gasteiger partial charge in [-0.3, -0.25) is 4.79 Å². The molecule has 6 heteroatoms. The number of benzene rings is 3. The number of carbonyl (C=O) groups is 2. The van der Waals surface area contributed by atoms with Gasteiger partial charge >= 0.3 is 5.97 Å². The summed E-state index contributed by atoms with van der Waals surface area (Å²) in [5.41, 5.74) is 10.3. The number of amides is 1. The largest absolute Gasteiger partial charge is 0.447 e. The van der Waals surface area contributed by atoms with Crippen LogP contribution in [0.5, 0.6) is 0 Å². The van der Waals surface area contributed by atoms with Crippen LogP contribution >= 0.6 is 0 Å². The number of carbonyl (C=O) groups excluding carboxylic acids is 2. The van der Waals surface area contributed by atoms with Gasteiger partial charge in [-0.2, -0.15) is 0 Å². The first-order chi connectivity index (χ1) is 20.9. The summed E-state index contributed by atoms with van der Waals surface area (Å²) in [6.07, 6.45) is 11.1. The van der Waals surface area contributed by atoms with E-state index in [1.54, 1.807) is 6.92 Å². The number of nitrogens with two attached hydrogens (primary N) is 1. The van der Waals surface area contributed by atoms with Crippen molar-refractivity contribution in [3.63, 3.8) is 0 Å². The molecule has 1 saturated carbocycles. The van der Waals surface area contributed by atoms with E-state index in [0.717, 1.165) is 23.1 Å². The van der Waals surface area contributed by atoms with E-state index < -0.39 is 29.6 Å². The Morgan fingerprint density at radius 2 is 1.63 bits per heavy atom. The molecule has 1 heterocycles. The monoisotopic (exact) mass is 572 g/mol. The SMILES string of the molecule is C[C@H](NC(=O)[C@@H](N)Cc1ccccc1)C(=O)OC(c1ccccc1)(c1ccccc1)C1C=CC(C23C[C@@H]2C2=CC2O3)=CC1. The van der Waals surface area contributed by atoms with E-state index in [0.29, 0.717) is 18.8 Å². The lowest BCUT2D eigenvalue weighted by Gasteiger charge is -2.41. The minimum absolute atomic E-state index is 0.174. The van der Waals surface area contributed by atoms with Crippen LogP contribution < -0.4 is 11.1 Å². The van der Waals surface area contributed by atoms with Crippen LogP contribution in [0.15, 0.2) is 126 Å². The summed E-state index contributed by atoms with van der Waals surface area (Å²) in [6, 6.07) is 27.7. The lowest BCUT2D eigenvalue weighted by Crippen LogP contribution is -2.51. The zero-order valence-electron chi connectivity index (χ0n) is 24.2. The van der Waals surface area contributed by atoms with Gasteiger partial charge in [-0.1, -0.05) is 109 Å². The minimum atomic E-state index is -1.12. The van der Waals surface area contributed by atoms with Crippen molar-refractivity contribution in [3.05, 3.63) is 143 Å². The third-order valence-electron chi connectivity index (χ3n) is 9.34. The molecule has 3 aliphatic carbocycles. The summed E-state index contributed by atoms with van der Waals surface area (Å²) in [5.74, 6) is -0.597. The van der Waals surface area contributed by atoms with Gasteiger partial charge < -0.3 is 20.5 Å². The molecule has 7 rings (SSSR count). The first-order valence-corrected chi connectivity index (χ1v) is 15.1. The predicted molar refractivity (Wildman–Crippen MR) is 165 cm³/mol. The average Bonchev–Trinajstić information content (AvgIpc) is 3.97. The lowest BCUT2D eigenvalue weighted by atomic mass is 9.72. The number of fused-ring (bicyclic) bond motifs is 3. The van der Waals surface area contributed by atoms with Crippen molar-refractivity contribution in [1.82, 2.24) is 5.32 Å². The summed E-state index contributed by atoms with van der Waals surface area (Å²) < 4.78 is 13.0. The minimum Gasteiger partial charge on any atom is -0.447 e. The molecule has 0 aromatic heterocycles. The van der Waals surface area contributed by atoms with Crippen molar-refractivity contribution < 1.29 is 19.1 Å². The van der Waals surface area contributed by atoms with Crippen molar-refractivity contribution in [2.24, 2.45) is 17.6 Å². The number of allylic oxidation sites excluding steroid dienone is 1. The van der Waals surface area contributed by atoms with E-state index in [1.807, 2.05) is 91.0 Å². The third kappa shape index (κ3) is 4.94. The first kappa shape index (κ1) is 27.6. The van der Waals surface area contributed by atoms with Crippen molar-refractivity contribution in [2.45, 2.75) is 55.6 Å². The fourth-order valence-corrected chi connectivity index (χ4v) is 6.90. The molecule has 3 aromatic rings. The Morgan fingerprint density at radius 3 is 2.19 bits per heavy atom. The molecule has 0 bridgehead atoms. The lowest BCUT2D eigenvalue weighted by molar-refractivity contribution is -0.163. The van der Waals surface area contributed by atoms with E-state index in [1.165, 1.54) is 11.1 Å². The molecular formula is C37H36N2O4. The summed E-state index contributed by atoms with van der Waals surface area (Å²) in [6.45, 7) is 1.65. The van der Waals surface area contributed by atoms with Crippen LogP contribution in [0.4, 0.5) is 0 Å². The molecule has 2 fully saturated rings. The molecule has 0 spiro atoms. The van der Waals surface area contributed by atoms with Gasteiger partial charge in [-0.15, -0.1) is 0 Å². The van der Waals surface area contributed by atoms with Crippen molar-refractivity contribution >= 4 is 11.9 Å². The Labute approximate surface area is 252 Å². The van der Waals surface area contributed by atoms with E-state index >= 15 is 0 Å². The second kappa shape index (κ2) is 10.8. The molecule has 218 valence electrons. The molecule has 6 atom stereocenters. The zero-order valence-corrected chi connectivity index (χ0v) is 24.2. The van der Waals surface area contributed by atoms with Crippen LogP contribution in [0.25, 0.3) is 0 Å². The van der Waals surface area contributed by atoms with Crippen molar-refractivity contribution in [3.8, 4) is 0 Å². The van der Waals surface area contributed by atoms with Crippen LogP contribution in [0.1, 0.15) is 36.5 Å². The van der Waals surface area contributed by atoms with Gasteiger partial charge in [0.15, 0.2) is 5.60 Å². The van der Waals surface area contributed by atoms with Crippen LogP contribution in [0, 0.1) is 11.8 Å². The van der Waals surface area contributed by atoms with Crippen molar-refractivity contribution in [2.75, 3.05) is 0 Å². The predicted octanol–water partition coefficient (Wildman–Crippen LogP) is 5.15. The second-order valence-electron chi connectivity index (χ2n) is 12.1. The Bertz CT molecular complexity index is 1570. The number of ether oxygens (including phenoxy) is 2. The van der Waals surface area contributed by atoms with Crippen LogP contribution in [0.3, 0.4) is 0 Å². The van der Waals surface area contributed by atoms with Gasteiger partial charge in [0, 0.05) is 23.0 Å². The maximum absolute atomic E-state index is 13.9. The third-order valence-corrected chi connectivity index (χ3v) is 9.34. The smallest absolute Gasteiger partial charge is 0.329 e. The standard InChI is InChI=1S/C37H36N2O4/c1-24(39-34(40)32(38)21-25-11-5-2-6-12-25)35(41)43-37(27-13-7-3-8-14-27,28-15-9-4-10-16-28)29-19-17-26(18-20-29)36-23-31(36)30-22-33(30)42-36/h2-19,22,24,29,31-33H,20-21,23,38H2,1H3,(H,39,40)/t24-,29?,31+,32-,33?,36?/m0/s1. The Morgan fingerprint density at radius 1 is 1.00 bits per heavy atom. The quantitative estimate of drug-likeness (QED) is 0.259. The molecule has 1 aliphatic heterocycles. The molecule has 3 unspecified atom stereocenters. The first-order valence-electron chi connectivity index (χ1n) is 15.1. The van der Waals surface area contributed by atoms with Gasteiger partial charge in [-0.05, 0) is 49.0 Å². The van der Waals surface area contributed by atoms with E-state index in [9.17, 15) is 9.59 Å². The zero-order chi connectivity index (χ0) is 29.6. The Balaban J connectivity index is 1.15. The van der Waals surface area contributed by atoms with Crippen LogP contribution in [-0.2, 0) is 31.1 Å². The number of rotatable bonds is 10. The maximum Gasteiger partial charge on any atom is 0.329 e. The maximum atomic E-state index is 13.9. The van der Waals surface area contributed by atoms with Crippen LogP contribution in [-0.4, -0.2) is 35.7 Å². The van der Waals surface area contributed by atoms with E-state index in [4.69, 9.17) is 15.2 Å². The summed E-state index contributed by atoms with van der Waals surface area (Å²) in [5, 5.41) is 2.80. The van der Waals surface area contributed by atoms with Crippen LogP contribution in [0.2, 0.25) is 0 Å². The highest BCUT2D eigenvalue weighted by Gasteiger charge is 2.69. The van der Waals surface area contributed by atoms with Gasteiger partial charge in [-0.25, -0.2) is 4.79 Å². The Kier molecular flexibility index (Phi) is 6.91. The van der Waals surface area contributed by atoms with Gasteiger partial charge in [0.25, 0.3) is 0 Å².